The largest absolute Gasteiger partial charge is 0.489 e. The van der Waals surface area contributed by atoms with Gasteiger partial charge >= 0.3 is 0 Å². The number of sulfonamides is 1. The number of nitro groups is 1. The highest BCUT2D eigenvalue weighted by atomic mass is 32.2. The molecular formula is C65H75N11O11S. The number of anilines is 5. The Bertz CT molecular complexity index is 3950. The first kappa shape index (κ1) is 56.9. The smallest absolute Gasteiger partial charge is 0.297 e. The Hall–Kier alpha value is -7.54. The molecule has 3 N–H and O–H groups in total. The number of piperidine rings is 1. The van der Waals surface area contributed by atoms with E-state index in [2.05, 4.69) is 89.9 Å². The lowest BCUT2D eigenvalue weighted by Crippen LogP contribution is -2.59. The molecule has 1 saturated carbocycles. The van der Waals surface area contributed by atoms with Gasteiger partial charge in [0.25, 0.3) is 21.6 Å². The third-order valence-electron chi connectivity index (χ3n) is 20.3. The van der Waals surface area contributed by atoms with Crippen LogP contribution in [0.15, 0.2) is 94.5 Å². The summed E-state index contributed by atoms with van der Waals surface area (Å²) in [5.74, 6) is 1.43. The van der Waals surface area contributed by atoms with Crippen molar-refractivity contribution in [2.24, 2.45) is 11.3 Å². The Kier molecular flexibility index (Phi) is 14.8. The Labute approximate surface area is 511 Å². The number of amides is 1. The monoisotopic (exact) mass is 1220 g/mol. The molecule has 22 nitrogen and oxygen atoms in total. The molecular weight excluding hydrogens is 1140 g/mol. The molecule has 5 atom stereocenters. The molecule has 5 saturated heterocycles. The van der Waals surface area contributed by atoms with Gasteiger partial charge in [0.15, 0.2) is 22.8 Å². The number of nitro benzene ring substituents is 1. The zero-order valence-electron chi connectivity index (χ0n) is 50.0. The first-order valence-electron chi connectivity index (χ1n) is 31.3. The van der Waals surface area contributed by atoms with Crippen LogP contribution in [0.3, 0.4) is 0 Å². The molecule has 3 aromatic carbocycles. The average molecular weight is 1220 g/mol. The van der Waals surface area contributed by atoms with Crippen molar-refractivity contribution in [3.8, 4) is 11.6 Å². The van der Waals surface area contributed by atoms with Gasteiger partial charge in [-0.3, -0.25) is 24.7 Å². The van der Waals surface area contributed by atoms with Crippen molar-refractivity contribution in [3.63, 3.8) is 0 Å². The van der Waals surface area contributed by atoms with Crippen molar-refractivity contribution >= 4 is 72.2 Å². The Morgan fingerprint density at radius 2 is 1.70 bits per heavy atom. The molecule has 15 rings (SSSR count). The number of hydrogen-bond donors (Lipinski definition) is 3. The fourth-order valence-corrected chi connectivity index (χ4v) is 16.5. The van der Waals surface area contributed by atoms with Gasteiger partial charge in [-0.1, -0.05) is 24.3 Å². The number of fused-ring (bicyclic) bond motifs is 5. The van der Waals surface area contributed by atoms with Crippen LogP contribution in [0.25, 0.3) is 22.0 Å². The average Bonchev–Trinajstić information content (AvgIpc) is 0.932. The fraction of sp³-hybridized carbons (Fsp3) is 0.492. The Balaban J connectivity index is 0.684. The van der Waals surface area contributed by atoms with E-state index in [1.807, 2.05) is 37.4 Å². The van der Waals surface area contributed by atoms with Gasteiger partial charge in [-0.2, -0.15) is 4.98 Å². The Morgan fingerprint density at radius 1 is 0.886 bits per heavy atom. The van der Waals surface area contributed by atoms with E-state index < -0.39 is 37.5 Å². The number of benzene rings is 3. The van der Waals surface area contributed by atoms with Crippen LogP contribution in [0.1, 0.15) is 90.7 Å². The number of carbonyl (C=O) groups is 1. The number of pyridine rings is 2. The highest BCUT2D eigenvalue weighted by molar-refractivity contribution is 7.90. The Morgan fingerprint density at radius 3 is 2.52 bits per heavy atom. The molecule has 0 unspecified atom stereocenters. The second-order valence-electron chi connectivity index (χ2n) is 25.6. The summed E-state index contributed by atoms with van der Waals surface area (Å²) in [6, 6.07) is 23.2. The number of carbonyl (C=O) groups excluding carboxylic acids is 1. The lowest BCUT2D eigenvalue weighted by Gasteiger charge is -2.58. The summed E-state index contributed by atoms with van der Waals surface area (Å²) in [5, 5.41) is 17.9. The van der Waals surface area contributed by atoms with Crippen molar-refractivity contribution in [2.45, 2.75) is 113 Å². The van der Waals surface area contributed by atoms with Crippen LogP contribution >= 0.6 is 0 Å². The third-order valence-corrected chi connectivity index (χ3v) is 21.6. The third kappa shape index (κ3) is 10.4. The number of morpholine rings is 1. The number of aryl methyl sites for hydroxylation is 2. The van der Waals surface area contributed by atoms with Crippen molar-refractivity contribution in [3.05, 3.63) is 123 Å². The second-order valence-corrected chi connectivity index (χ2v) is 27.3. The van der Waals surface area contributed by atoms with E-state index in [9.17, 15) is 23.3 Å². The first-order chi connectivity index (χ1) is 42.7. The van der Waals surface area contributed by atoms with Crippen LogP contribution in [-0.4, -0.2) is 160 Å². The maximum Gasteiger partial charge on any atom is 0.297 e. The van der Waals surface area contributed by atoms with Gasteiger partial charge in [0, 0.05) is 119 Å². The van der Waals surface area contributed by atoms with E-state index in [1.54, 1.807) is 6.07 Å². The lowest BCUT2D eigenvalue weighted by molar-refractivity contribution is -0.384. The molecule has 1 amide bonds. The van der Waals surface area contributed by atoms with E-state index in [-0.39, 0.29) is 65.7 Å². The fourth-order valence-electron chi connectivity index (χ4n) is 15.5. The zero-order chi connectivity index (χ0) is 60.0. The highest BCUT2D eigenvalue weighted by Gasteiger charge is 2.51. The van der Waals surface area contributed by atoms with Crippen molar-refractivity contribution in [1.82, 2.24) is 29.5 Å². The molecule has 462 valence electrons. The van der Waals surface area contributed by atoms with Gasteiger partial charge in [-0.05, 0) is 130 Å². The maximum absolute atomic E-state index is 15.0. The molecule has 4 aromatic heterocycles. The van der Waals surface area contributed by atoms with Gasteiger partial charge in [0.2, 0.25) is 5.88 Å². The molecule has 23 heteroatoms. The minimum absolute atomic E-state index is 0.0255. The number of aromatic nitrogens is 3. The standard InChI is InChI=1S/C65H75N11O11S/c1-39-6-4-5-7-48(39)56-35-71(34-44-33-67-62(60-50(44)26-41(3)86-60)73-21-25-84-36-40(73)2)19-20-74(56)46-31-65(32-46)14-17-72(18-15-65)45-8-9-49(53(28-45)75-52-13-24-83-38-58(52)87-64-55(75)27-43-10-16-66-61(43)69-64)63(77)70-88(80,81)47-29-54(76(78)79)59-57(30-47)85-37-51(68-59)42-11-22-82-23-12-42/h4-10,16,26-30,33,40,42,46,51-52,56,58,68H,11-15,17-25,31-32,34-38H2,1-3H3,(H,66,69)(H,70,77)/t40-,51-,52-,56-,58-/m0/s1. The SMILES string of the molecule is Cc1cc2c(CN3CCN(C4CC5(CCN(c6ccc(C(=O)NS(=O)(=O)c7cc8c(c([N+](=O)[O-])c7)N[C@H](C7CCOCC7)CO8)c(N7c8cc9cc[nH]c9nc8O[C@H]8COCC[C@@H]87)c6)CC5)C4)[C@H](c4ccccc4C)C3)cnc(N3CCOC[C@@H]3C)c2o1. The van der Waals surface area contributed by atoms with E-state index >= 15 is 0 Å². The molecule has 11 heterocycles. The minimum atomic E-state index is -4.72. The number of piperazine rings is 1. The number of aromatic amines is 1. The van der Waals surface area contributed by atoms with Gasteiger partial charge < -0.3 is 53.1 Å². The molecule has 0 radical (unpaired) electrons. The first-order valence-corrected chi connectivity index (χ1v) is 32.7. The molecule has 1 spiro atoms. The van der Waals surface area contributed by atoms with Crippen molar-refractivity contribution in [2.75, 3.05) is 106 Å². The van der Waals surface area contributed by atoms with Crippen molar-refractivity contribution < 1.29 is 46.2 Å². The normalized spacial score (nSPS) is 24.4. The zero-order valence-corrected chi connectivity index (χ0v) is 50.8. The summed E-state index contributed by atoms with van der Waals surface area (Å²) in [4.78, 5) is 51.9. The second kappa shape index (κ2) is 22.8. The lowest BCUT2D eigenvalue weighted by atomic mass is 9.59. The van der Waals surface area contributed by atoms with Gasteiger partial charge in [-0.25, -0.2) is 18.1 Å². The summed E-state index contributed by atoms with van der Waals surface area (Å²) in [6.45, 7) is 15.8. The number of H-pyrrole nitrogens is 1. The van der Waals surface area contributed by atoms with Crippen LogP contribution < -0.4 is 34.2 Å². The molecule has 8 aliphatic rings. The predicted octanol–water partition coefficient (Wildman–Crippen LogP) is 9.17. The van der Waals surface area contributed by atoms with E-state index in [0.29, 0.717) is 68.4 Å². The van der Waals surface area contributed by atoms with E-state index in [4.69, 9.17) is 38.1 Å². The van der Waals surface area contributed by atoms with Crippen molar-refractivity contribution in [1.29, 1.82) is 0 Å². The topological polar surface area (TPSA) is 235 Å². The molecule has 88 heavy (non-hydrogen) atoms. The van der Waals surface area contributed by atoms with Gasteiger partial charge in [-0.15, -0.1) is 0 Å². The summed E-state index contributed by atoms with van der Waals surface area (Å²) < 4.78 is 67.6. The number of hydrogen-bond acceptors (Lipinski definition) is 19. The molecule has 7 aromatic rings. The molecule has 6 fully saturated rings. The number of nitrogens with one attached hydrogen (secondary N) is 3. The number of ether oxygens (including phenoxy) is 5. The summed E-state index contributed by atoms with van der Waals surface area (Å²) in [5.41, 5.74) is 7.32. The van der Waals surface area contributed by atoms with Crippen LogP contribution in [-0.2, 0) is 30.8 Å². The summed E-state index contributed by atoms with van der Waals surface area (Å²) >= 11 is 0. The quantitative estimate of drug-likeness (QED) is 0.0764. The number of nitrogens with zero attached hydrogens (tertiary/aromatic N) is 8. The number of furan rings is 1. The summed E-state index contributed by atoms with van der Waals surface area (Å²) in [6.07, 6.45) is 9.75. The van der Waals surface area contributed by atoms with E-state index in [0.717, 1.165) is 124 Å². The molecule has 1 aliphatic carbocycles. The van der Waals surface area contributed by atoms with Crippen LogP contribution in [0.4, 0.5) is 34.3 Å². The molecule has 0 bridgehead atoms. The van der Waals surface area contributed by atoms with Gasteiger partial charge in [0.1, 0.15) is 29.8 Å². The summed E-state index contributed by atoms with van der Waals surface area (Å²) in [7, 11) is -4.72. The molecule has 7 aliphatic heterocycles. The van der Waals surface area contributed by atoms with Crippen LogP contribution in [0.2, 0.25) is 0 Å². The maximum atomic E-state index is 15.0. The van der Waals surface area contributed by atoms with E-state index in [1.165, 1.54) is 22.8 Å². The highest BCUT2D eigenvalue weighted by Crippen LogP contribution is 2.54. The number of rotatable bonds is 12. The van der Waals surface area contributed by atoms with Gasteiger partial charge in [0.05, 0.1) is 59.0 Å². The van der Waals surface area contributed by atoms with Crippen LogP contribution in [0.5, 0.6) is 11.6 Å². The van der Waals surface area contributed by atoms with Crippen LogP contribution in [0, 0.1) is 35.3 Å². The predicted molar refractivity (Wildman–Crippen MR) is 332 cm³/mol. The minimum Gasteiger partial charge on any atom is -0.489 e.